The van der Waals surface area contributed by atoms with E-state index in [0.717, 1.165) is 0 Å². The summed E-state index contributed by atoms with van der Waals surface area (Å²) >= 11 is 0. The van der Waals surface area contributed by atoms with Crippen LogP contribution in [0.3, 0.4) is 0 Å². The van der Waals surface area contributed by atoms with Crippen molar-refractivity contribution < 1.29 is 51.0 Å². The van der Waals surface area contributed by atoms with Crippen LogP contribution in [0.5, 0.6) is 0 Å². The third-order valence-electron chi connectivity index (χ3n) is 2.85. The number of fused-ring (bicyclic) bond motifs is 3. The van der Waals surface area contributed by atoms with E-state index in [2.05, 4.69) is 55.5 Å². The molecule has 1 atom stereocenters. The fourth-order valence-electron chi connectivity index (χ4n) is 2.14. The van der Waals surface area contributed by atoms with Crippen molar-refractivity contribution in [2.45, 2.75) is 12.8 Å². The average molecular weight is 341 g/mol. The maximum absolute atomic E-state index is 3.46. The molecular formula is C14H11Cl2Zr. The SMILES string of the molecule is Cc1ccc2c(c1)[C-]=C1C=CC=CC12.[Cl-].[Cl-].[Zr+3]. The second-order valence-electron chi connectivity index (χ2n) is 3.89. The molecule has 0 aromatic heterocycles. The van der Waals surface area contributed by atoms with Gasteiger partial charge >= 0.3 is 26.2 Å². The van der Waals surface area contributed by atoms with Crippen LogP contribution in [0.4, 0.5) is 0 Å². The van der Waals surface area contributed by atoms with Crippen LogP contribution in [-0.4, -0.2) is 0 Å². The molecule has 0 N–H and O–H groups in total. The monoisotopic (exact) mass is 339 g/mol. The maximum atomic E-state index is 3.46. The Bertz CT molecular complexity index is 487. The van der Waals surface area contributed by atoms with Gasteiger partial charge < -0.3 is 24.8 Å². The van der Waals surface area contributed by atoms with E-state index in [0.29, 0.717) is 5.92 Å². The molecule has 0 bridgehead atoms. The molecule has 17 heavy (non-hydrogen) atoms. The van der Waals surface area contributed by atoms with Crippen molar-refractivity contribution in [1.29, 1.82) is 0 Å². The molecule has 0 saturated carbocycles. The Morgan fingerprint density at radius 2 is 1.88 bits per heavy atom. The molecule has 1 unspecified atom stereocenters. The molecule has 2 aliphatic rings. The summed E-state index contributed by atoms with van der Waals surface area (Å²) < 4.78 is 0. The molecule has 0 spiro atoms. The molecule has 0 fully saturated rings. The zero-order valence-electron chi connectivity index (χ0n) is 9.37. The summed E-state index contributed by atoms with van der Waals surface area (Å²) in [5.41, 5.74) is 5.27. The number of benzene rings is 1. The van der Waals surface area contributed by atoms with Gasteiger partial charge in [0, 0.05) is 0 Å². The zero-order valence-corrected chi connectivity index (χ0v) is 13.3. The Morgan fingerprint density at radius 3 is 2.65 bits per heavy atom. The van der Waals surface area contributed by atoms with Gasteiger partial charge in [-0.3, -0.25) is 0 Å². The van der Waals surface area contributed by atoms with Crippen LogP contribution in [0.1, 0.15) is 22.6 Å². The van der Waals surface area contributed by atoms with E-state index in [9.17, 15) is 0 Å². The third-order valence-corrected chi connectivity index (χ3v) is 2.85. The van der Waals surface area contributed by atoms with Crippen molar-refractivity contribution in [3.8, 4) is 0 Å². The third kappa shape index (κ3) is 3.02. The van der Waals surface area contributed by atoms with Crippen LogP contribution in [0.25, 0.3) is 0 Å². The van der Waals surface area contributed by atoms with E-state index in [1.54, 1.807) is 0 Å². The summed E-state index contributed by atoms with van der Waals surface area (Å²) in [6.07, 6.45) is 12.0. The molecule has 3 rings (SSSR count). The van der Waals surface area contributed by atoms with Crippen LogP contribution in [0.2, 0.25) is 0 Å². The van der Waals surface area contributed by atoms with Crippen molar-refractivity contribution in [1.82, 2.24) is 0 Å². The number of allylic oxidation sites excluding steroid dienone is 5. The van der Waals surface area contributed by atoms with Gasteiger partial charge in [-0.25, -0.2) is 0 Å². The molecule has 2 aliphatic carbocycles. The van der Waals surface area contributed by atoms with E-state index in [1.807, 2.05) is 0 Å². The second-order valence-corrected chi connectivity index (χ2v) is 3.89. The Balaban J connectivity index is 0.000000853. The minimum absolute atomic E-state index is 0. The molecule has 0 heterocycles. The predicted octanol–water partition coefficient (Wildman–Crippen LogP) is -2.70. The Morgan fingerprint density at radius 1 is 1.12 bits per heavy atom. The minimum Gasteiger partial charge on any atom is -1.00 e. The first-order valence-electron chi connectivity index (χ1n) is 4.94. The van der Waals surface area contributed by atoms with Crippen molar-refractivity contribution in [2.75, 3.05) is 0 Å². The van der Waals surface area contributed by atoms with Gasteiger partial charge in [-0.05, 0) is 12.8 Å². The Labute approximate surface area is 134 Å². The quantitative estimate of drug-likeness (QED) is 0.451. The first-order chi connectivity index (χ1) is 6.84. The van der Waals surface area contributed by atoms with Crippen molar-refractivity contribution in [3.05, 3.63) is 70.8 Å². The molecule has 1 radical (unpaired) electrons. The standard InChI is InChI=1S/C14H11.2ClH.Zr/c1-10-6-7-14-12(8-10)9-11-4-2-3-5-13(11)14;;;/h2-8,13H,1H3;2*1H;/q-1;;;+3/p-2. The smallest absolute Gasteiger partial charge is 1.00 e. The molecular weight excluding hydrogens is 330 g/mol. The van der Waals surface area contributed by atoms with Gasteiger partial charge in [-0.2, -0.15) is 0 Å². The molecule has 0 amide bonds. The van der Waals surface area contributed by atoms with Crippen LogP contribution >= 0.6 is 0 Å². The molecule has 1 aromatic rings. The first-order valence-corrected chi connectivity index (χ1v) is 4.94. The fraction of sp³-hybridized carbons (Fsp3) is 0.143. The van der Waals surface area contributed by atoms with Gasteiger partial charge in [-0.1, -0.05) is 23.8 Å². The summed E-state index contributed by atoms with van der Waals surface area (Å²) in [4.78, 5) is 0. The predicted molar refractivity (Wildman–Crippen MR) is 58.1 cm³/mol. The number of rotatable bonds is 0. The summed E-state index contributed by atoms with van der Waals surface area (Å²) in [5.74, 6) is 0.454. The van der Waals surface area contributed by atoms with Gasteiger partial charge in [0.25, 0.3) is 0 Å². The van der Waals surface area contributed by atoms with E-state index < -0.39 is 0 Å². The average Bonchev–Trinajstić information content (AvgIpc) is 2.54. The van der Waals surface area contributed by atoms with Crippen LogP contribution in [-0.2, 0) is 26.2 Å². The van der Waals surface area contributed by atoms with Crippen LogP contribution < -0.4 is 24.8 Å². The number of hydrogen-bond donors (Lipinski definition) is 0. The molecule has 0 saturated heterocycles. The van der Waals surface area contributed by atoms with E-state index in [1.165, 1.54) is 22.3 Å². The van der Waals surface area contributed by atoms with E-state index in [4.69, 9.17) is 0 Å². The molecule has 1 aromatic carbocycles. The van der Waals surface area contributed by atoms with Crippen LogP contribution in [0.15, 0.2) is 48.1 Å². The summed E-state index contributed by atoms with van der Waals surface area (Å²) in [7, 11) is 0. The van der Waals surface area contributed by atoms with Gasteiger partial charge in [0.1, 0.15) is 0 Å². The molecule has 3 heteroatoms. The van der Waals surface area contributed by atoms with Gasteiger partial charge in [0.15, 0.2) is 0 Å². The topological polar surface area (TPSA) is 0 Å². The number of halogens is 2. The van der Waals surface area contributed by atoms with Crippen molar-refractivity contribution in [2.24, 2.45) is 0 Å². The largest absolute Gasteiger partial charge is 3.00 e. The Hall–Kier alpha value is -0.0969. The van der Waals surface area contributed by atoms with Gasteiger partial charge in [0.2, 0.25) is 0 Å². The number of hydrogen-bond acceptors (Lipinski definition) is 0. The molecule has 0 nitrogen and oxygen atoms in total. The van der Waals surface area contributed by atoms with Crippen molar-refractivity contribution >= 4 is 0 Å². The normalized spacial score (nSPS) is 17.9. The summed E-state index contributed by atoms with van der Waals surface area (Å²) in [6, 6.07) is 6.61. The van der Waals surface area contributed by atoms with E-state index in [-0.39, 0.29) is 51.0 Å². The zero-order chi connectivity index (χ0) is 9.54. The number of aryl methyl sites for hydroxylation is 1. The fourth-order valence-corrected chi connectivity index (χ4v) is 2.14. The second kappa shape index (κ2) is 6.73. The Kier molecular flexibility index (Phi) is 6.70. The first kappa shape index (κ1) is 16.9. The minimum atomic E-state index is 0. The van der Waals surface area contributed by atoms with Crippen molar-refractivity contribution in [3.63, 3.8) is 0 Å². The summed E-state index contributed by atoms with van der Waals surface area (Å²) in [6.45, 7) is 2.13. The molecule has 85 valence electrons. The summed E-state index contributed by atoms with van der Waals surface area (Å²) in [5, 5.41) is 0. The van der Waals surface area contributed by atoms with E-state index >= 15 is 0 Å². The van der Waals surface area contributed by atoms with Crippen LogP contribution in [0, 0.1) is 13.0 Å². The van der Waals surface area contributed by atoms with Gasteiger partial charge in [-0.15, -0.1) is 47.1 Å². The maximum Gasteiger partial charge on any atom is 3.00 e. The molecule has 0 aliphatic heterocycles. The van der Waals surface area contributed by atoms with Gasteiger partial charge in [0.05, 0.1) is 0 Å².